The number of hydrogen-bond donors (Lipinski definition) is 0. The molecule has 13 heavy (non-hydrogen) atoms. The van der Waals surface area contributed by atoms with Crippen molar-refractivity contribution in [1.29, 1.82) is 0 Å². The highest BCUT2D eigenvalue weighted by Gasteiger charge is 2.35. The molecule has 0 bridgehead atoms. The van der Waals surface area contributed by atoms with Gasteiger partial charge >= 0.3 is 0 Å². The van der Waals surface area contributed by atoms with Gasteiger partial charge in [-0.05, 0) is 11.8 Å². The molecule has 0 atom stereocenters. The van der Waals surface area contributed by atoms with E-state index in [4.69, 9.17) is 0 Å². The van der Waals surface area contributed by atoms with Gasteiger partial charge < -0.3 is 4.79 Å². The number of unbranched alkanes of at least 4 members (excludes halogenated alkanes) is 2. The van der Waals surface area contributed by atoms with Gasteiger partial charge in [-0.3, -0.25) is 0 Å². The van der Waals surface area contributed by atoms with Crippen LogP contribution in [0.1, 0.15) is 60.3 Å². The smallest absolute Gasteiger partial charge is 0.126 e. The molecule has 0 aromatic heterocycles. The summed E-state index contributed by atoms with van der Waals surface area (Å²) in [6.45, 7) is 10.7. The summed E-state index contributed by atoms with van der Waals surface area (Å²) in [7, 11) is 0. The first-order valence-electron chi connectivity index (χ1n) is 5.34. The number of rotatable bonds is 6. The van der Waals surface area contributed by atoms with Crippen molar-refractivity contribution in [2.75, 3.05) is 0 Å². The van der Waals surface area contributed by atoms with Crippen molar-refractivity contribution < 1.29 is 4.79 Å². The standard InChI is InChI=1S/C12H24O/c1-6-7-8-9-11(2,3)12(4,5)10-13/h10H,6-9H2,1-5H3. The molecular formula is C12H24O. The van der Waals surface area contributed by atoms with Crippen LogP contribution in [-0.4, -0.2) is 6.29 Å². The molecule has 0 aromatic carbocycles. The third-order valence-electron chi connectivity index (χ3n) is 3.44. The highest BCUT2D eigenvalue weighted by Crippen LogP contribution is 2.40. The maximum Gasteiger partial charge on any atom is 0.126 e. The van der Waals surface area contributed by atoms with E-state index in [-0.39, 0.29) is 10.8 Å². The van der Waals surface area contributed by atoms with Gasteiger partial charge in [0.1, 0.15) is 6.29 Å². The number of aldehydes is 1. The lowest BCUT2D eigenvalue weighted by Crippen LogP contribution is -2.33. The molecule has 0 radical (unpaired) electrons. The second-order valence-corrected chi connectivity index (χ2v) is 5.18. The van der Waals surface area contributed by atoms with E-state index in [0.717, 1.165) is 12.7 Å². The monoisotopic (exact) mass is 184 g/mol. The van der Waals surface area contributed by atoms with E-state index < -0.39 is 0 Å². The zero-order valence-corrected chi connectivity index (χ0v) is 9.81. The number of hydrogen-bond acceptors (Lipinski definition) is 1. The van der Waals surface area contributed by atoms with Gasteiger partial charge in [-0.25, -0.2) is 0 Å². The van der Waals surface area contributed by atoms with Gasteiger partial charge in [0.15, 0.2) is 0 Å². The van der Waals surface area contributed by atoms with Crippen molar-refractivity contribution in [2.45, 2.75) is 60.3 Å². The van der Waals surface area contributed by atoms with E-state index in [9.17, 15) is 4.79 Å². The third-order valence-corrected chi connectivity index (χ3v) is 3.44. The van der Waals surface area contributed by atoms with Crippen molar-refractivity contribution >= 4 is 6.29 Å². The van der Waals surface area contributed by atoms with Crippen LogP contribution >= 0.6 is 0 Å². The first-order valence-corrected chi connectivity index (χ1v) is 5.34. The van der Waals surface area contributed by atoms with Gasteiger partial charge in [0.25, 0.3) is 0 Å². The van der Waals surface area contributed by atoms with Crippen molar-refractivity contribution in [3.8, 4) is 0 Å². The van der Waals surface area contributed by atoms with Gasteiger partial charge in [0.2, 0.25) is 0 Å². The van der Waals surface area contributed by atoms with Gasteiger partial charge in [-0.1, -0.05) is 53.9 Å². The molecule has 0 unspecified atom stereocenters. The Morgan fingerprint density at radius 3 is 2.00 bits per heavy atom. The molecule has 0 saturated heterocycles. The first-order chi connectivity index (χ1) is 5.87. The van der Waals surface area contributed by atoms with Crippen LogP contribution in [0.15, 0.2) is 0 Å². The van der Waals surface area contributed by atoms with E-state index in [1.54, 1.807) is 0 Å². The zero-order valence-electron chi connectivity index (χ0n) is 9.81. The van der Waals surface area contributed by atoms with Crippen LogP contribution in [0.5, 0.6) is 0 Å². The molecular weight excluding hydrogens is 160 g/mol. The predicted octanol–water partition coefficient (Wildman–Crippen LogP) is 3.82. The molecule has 1 nitrogen and oxygen atoms in total. The van der Waals surface area contributed by atoms with Crippen LogP contribution in [0.2, 0.25) is 0 Å². The Balaban J connectivity index is 4.13. The van der Waals surface area contributed by atoms with Crippen molar-refractivity contribution in [2.24, 2.45) is 10.8 Å². The summed E-state index contributed by atoms with van der Waals surface area (Å²) < 4.78 is 0. The molecule has 0 amide bonds. The average molecular weight is 184 g/mol. The van der Waals surface area contributed by atoms with E-state index >= 15 is 0 Å². The minimum Gasteiger partial charge on any atom is -0.303 e. The lowest BCUT2D eigenvalue weighted by Gasteiger charge is -2.37. The highest BCUT2D eigenvalue weighted by atomic mass is 16.1. The topological polar surface area (TPSA) is 17.1 Å². The summed E-state index contributed by atoms with van der Waals surface area (Å²) in [5.41, 5.74) is -0.0648. The Morgan fingerprint density at radius 1 is 1.08 bits per heavy atom. The Kier molecular flexibility index (Phi) is 4.66. The van der Waals surface area contributed by atoms with Crippen LogP contribution in [0.3, 0.4) is 0 Å². The number of carbonyl (C=O) groups excluding carboxylic acids is 1. The minimum atomic E-state index is -0.194. The second-order valence-electron chi connectivity index (χ2n) is 5.18. The quantitative estimate of drug-likeness (QED) is 0.453. The molecule has 78 valence electrons. The molecule has 0 aromatic rings. The molecule has 0 heterocycles. The van der Waals surface area contributed by atoms with Gasteiger partial charge in [0, 0.05) is 5.41 Å². The zero-order chi connectivity index (χ0) is 10.5. The molecule has 0 fully saturated rings. The van der Waals surface area contributed by atoms with Crippen molar-refractivity contribution in [1.82, 2.24) is 0 Å². The molecule has 0 aliphatic heterocycles. The molecule has 0 spiro atoms. The Hall–Kier alpha value is -0.330. The van der Waals surface area contributed by atoms with Gasteiger partial charge in [0.05, 0.1) is 0 Å². The van der Waals surface area contributed by atoms with E-state index in [1.807, 2.05) is 13.8 Å². The maximum atomic E-state index is 10.9. The lowest BCUT2D eigenvalue weighted by molar-refractivity contribution is -0.120. The maximum absolute atomic E-state index is 10.9. The summed E-state index contributed by atoms with van der Waals surface area (Å²) in [5, 5.41) is 0. The number of carbonyl (C=O) groups is 1. The van der Waals surface area contributed by atoms with Gasteiger partial charge in [-0.15, -0.1) is 0 Å². The highest BCUT2D eigenvalue weighted by molar-refractivity contribution is 5.59. The predicted molar refractivity (Wildman–Crippen MR) is 57.8 cm³/mol. The Labute approximate surface area is 82.9 Å². The second kappa shape index (κ2) is 4.78. The van der Waals surface area contributed by atoms with E-state index in [1.165, 1.54) is 19.3 Å². The Bertz CT molecular complexity index is 157. The third kappa shape index (κ3) is 3.50. The van der Waals surface area contributed by atoms with Crippen molar-refractivity contribution in [3.05, 3.63) is 0 Å². The summed E-state index contributed by atoms with van der Waals surface area (Å²) in [4.78, 5) is 10.9. The Morgan fingerprint density at radius 2 is 1.62 bits per heavy atom. The summed E-state index contributed by atoms with van der Waals surface area (Å²) >= 11 is 0. The van der Waals surface area contributed by atoms with E-state index in [0.29, 0.717) is 0 Å². The fourth-order valence-electron chi connectivity index (χ4n) is 1.30. The summed E-state index contributed by atoms with van der Waals surface area (Å²) in [6.07, 6.45) is 6.00. The van der Waals surface area contributed by atoms with Crippen LogP contribution in [0.4, 0.5) is 0 Å². The molecule has 0 N–H and O–H groups in total. The average Bonchev–Trinajstić information content (AvgIpc) is 2.04. The van der Waals surface area contributed by atoms with Crippen LogP contribution in [-0.2, 0) is 4.79 Å². The largest absolute Gasteiger partial charge is 0.303 e. The molecule has 0 saturated carbocycles. The summed E-state index contributed by atoms with van der Waals surface area (Å²) in [6, 6.07) is 0. The van der Waals surface area contributed by atoms with E-state index in [2.05, 4.69) is 20.8 Å². The fourth-order valence-corrected chi connectivity index (χ4v) is 1.30. The molecule has 1 heteroatoms. The molecule has 0 rings (SSSR count). The van der Waals surface area contributed by atoms with Crippen LogP contribution in [0, 0.1) is 10.8 Å². The molecule has 0 aliphatic carbocycles. The minimum absolute atomic E-state index is 0.129. The van der Waals surface area contributed by atoms with Crippen LogP contribution in [0.25, 0.3) is 0 Å². The van der Waals surface area contributed by atoms with Crippen LogP contribution < -0.4 is 0 Å². The SMILES string of the molecule is CCCCCC(C)(C)C(C)(C)C=O. The normalized spacial score (nSPS) is 13.0. The lowest BCUT2D eigenvalue weighted by atomic mass is 9.66. The summed E-state index contributed by atoms with van der Waals surface area (Å²) in [5.74, 6) is 0. The van der Waals surface area contributed by atoms with Crippen molar-refractivity contribution in [3.63, 3.8) is 0 Å². The molecule has 0 aliphatic rings. The fraction of sp³-hybridized carbons (Fsp3) is 0.917. The van der Waals surface area contributed by atoms with Gasteiger partial charge in [-0.2, -0.15) is 0 Å². The first kappa shape index (κ1) is 12.7.